The smallest absolute Gasteiger partial charge is 0.236 e. The molecule has 2 amide bonds. The molecule has 10 nitrogen and oxygen atoms in total. The molecule has 1 aliphatic carbocycles. The van der Waals surface area contributed by atoms with Gasteiger partial charge in [-0.15, -0.1) is 0 Å². The van der Waals surface area contributed by atoms with Crippen molar-refractivity contribution in [3.8, 4) is 23.0 Å². The van der Waals surface area contributed by atoms with Gasteiger partial charge in [-0.25, -0.2) is 0 Å². The zero-order chi connectivity index (χ0) is 41.8. The van der Waals surface area contributed by atoms with E-state index in [1.54, 1.807) is 126 Å². The van der Waals surface area contributed by atoms with Gasteiger partial charge in [0.2, 0.25) is 11.8 Å². The number of nitrogens with one attached hydrogen (secondary N) is 2. The molecule has 2 atom stereocenters. The summed E-state index contributed by atoms with van der Waals surface area (Å²) >= 11 is 0. The molecule has 1 saturated carbocycles. The number of aliphatic hydroxyl groups is 2. The molecule has 5 rings (SSSR count). The highest BCUT2D eigenvalue weighted by atomic mass is 16.5. The number of carbonyl (C=O) groups is 2. The van der Waals surface area contributed by atoms with Crippen LogP contribution >= 0.6 is 0 Å². The Labute approximate surface area is 337 Å². The summed E-state index contributed by atoms with van der Waals surface area (Å²) in [6, 6.07) is 26.7. The highest BCUT2D eigenvalue weighted by molar-refractivity contribution is 6.05. The number of amides is 2. The fourth-order valence-electron chi connectivity index (χ4n) is 8.35. The van der Waals surface area contributed by atoms with E-state index in [1.165, 1.54) is 0 Å². The number of rotatable bonds is 14. The van der Waals surface area contributed by atoms with E-state index in [0.29, 0.717) is 70.9 Å². The fourth-order valence-corrected chi connectivity index (χ4v) is 8.35. The van der Waals surface area contributed by atoms with E-state index < -0.39 is 51.3 Å². The van der Waals surface area contributed by atoms with E-state index in [1.807, 2.05) is 41.5 Å². The third-order valence-electron chi connectivity index (χ3n) is 11.6. The molecule has 0 aliphatic heterocycles. The minimum absolute atomic E-state index is 0.297. The number of ether oxygens (including phenoxy) is 4. The molecule has 0 spiro atoms. The maximum absolute atomic E-state index is 15.1. The first-order valence-corrected chi connectivity index (χ1v) is 19.5. The predicted octanol–water partition coefficient (Wildman–Crippen LogP) is 7.52. The quantitative estimate of drug-likeness (QED) is 0.0967. The van der Waals surface area contributed by atoms with Gasteiger partial charge in [-0.1, -0.05) is 103 Å². The van der Waals surface area contributed by atoms with Gasteiger partial charge in [-0.2, -0.15) is 0 Å². The van der Waals surface area contributed by atoms with Crippen molar-refractivity contribution < 1.29 is 38.7 Å². The van der Waals surface area contributed by atoms with Gasteiger partial charge in [0.15, 0.2) is 0 Å². The highest BCUT2D eigenvalue weighted by Gasteiger charge is 2.55. The van der Waals surface area contributed by atoms with Crippen LogP contribution in [0.3, 0.4) is 0 Å². The molecule has 306 valence electrons. The Morgan fingerprint density at radius 3 is 0.912 bits per heavy atom. The first kappa shape index (κ1) is 43.1. The van der Waals surface area contributed by atoms with E-state index in [4.69, 9.17) is 18.9 Å². The Kier molecular flexibility index (Phi) is 12.7. The molecular formula is C47H60N2O8. The van der Waals surface area contributed by atoms with Crippen LogP contribution in [-0.2, 0) is 20.8 Å². The maximum Gasteiger partial charge on any atom is 0.236 e. The summed E-state index contributed by atoms with van der Waals surface area (Å²) in [6.07, 6.45) is 1.91. The molecule has 0 unspecified atom stereocenters. The SMILES string of the molecule is COc1ccc(C(O)(c2ccc(OC)cc2)[C@H](NC(=O)C2(C(=O)N[C@H](C(C)(C)C)C(O)(c3ccc(OC)cc3)c3ccc(OC)cc3)CCCC2)C(C)(C)C)cc1. The summed E-state index contributed by atoms with van der Waals surface area (Å²) in [6.45, 7) is 11.7. The summed E-state index contributed by atoms with van der Waals surface area (Å²) in [7, 11) is 6.31. The van der Waals surface area contributed by atoms with Crippen LogP contribution in [0.15, 0.2) is 97.1 Å². The fraction of sp³-hybridized carbons (Fsp3) is 0.447. The van der Waals surface area contributed by atoms with Crippen molar-refractivity contribution in [2.24, 2.45) is 16.2 Å². The first-order valence-electron chi connectivity index (χ1n) is 19.5. The van der Waals surface area contributed by atoms with Crippen molar-refractivity contribution in [2.45, 2.75) is 90.5 Å². The van der Waals surface area contributed by atoms with Crippen LogP contribution in [-0.4, -0.2) is 62.6 Å². The van der Waals surface area contributed by atoms with Crippen molar-refractivity contribution >= 4 is 11.8 Å². The Morgan fingerprint density at radius 2 is 0.719 bits per heavy atom. The molecule has 57 heavy (non-hydrogen) atoms. The molecule has 1 aliphatic rings. The van der Waals surface area contributed by atoms with Crippen LogP contribution in [0.5, 0.6) is 23.0 Å². The van der Waals surface area contributed by atoms with E-state index in [9.17, 15) is 10.2 Å². The van der Waals surface area contributed by atoms with Crippen LogP contribution in [0.25, 0.3) is 0 Å². The zero-order valence-electron chi connectivity index (χ0n) is 35.1. The monoisotopic (exact) mass is 780 g/mol. The van der Waals surface area contributed by atoms with Crippen molar-refractivity contribution in [3.63, 3.8) is 0 Å². The molecule has 0 radical (unpaired) electrons. The lowest BCUT2D eigenvalue weighted by Crippen LogP contribution is -2.64. The van der Waals surface area contributed by atoms with Crippen molar-refractivity contribution in [3.05, 3.63) is 119 Å². The maximum atomic E-state index is 15.1. The predicted molar refractivity (Wildman–Crippen MR) is 222 cm³/mol. The average Bonchev–Trinajstić information content (AvgIpc) is 3.72. The third-order valence-corrected chi connectivity index (χ3v) is 11.6. The third kappa shape index (κ3) is 8.48. The van der Waals surface area contributed by atoms with E-state index in [0.717, 1.165) is 0 Å². The zero-order valence-corrected chi connectivity index (χ0v) is 35.1. The van der Waals surface area contributed by atoms with Gasteiger partial charge in [0.25, 0.3) is 0 Å². The van der Waals surface area contributed by atoms with E-state index in [-0.39, 0.29) is 0 Å². The lowest BCUT2D eigenvalue weighted by molar-refractivity contribution is -0.148. The van der Waals surface area contributed by atoms with E-state index in [2.05, 4.69) is 10.6 Å². The Balaban J connectivity index is 1.60. The van der Waals surface area contributed by atoms with E-state index >= 15 is 9.59 Å². The second-order valence-corrected chi connectivity index (χ2v) is 17.3. The van der Waals surface area contributed by atoms with Gasteiger partial charge >= 0.3 is 0 Å². The number of benzene rings is 4. The number of carbonyl (C=O) groups excluding carboxylic acids is 2. The normalized spacial score (nSPS) is 15.6. The largest absolute Gasteiger partial charge is 0.497 e. The second kappa shape index (κ2) is 16.8. The van der Waals surface area contributed by atoms with Crippen LogP contribution in [0.1, 0.15) is 89.5 Å². The van der Waals surface area contributed by atoms with Crippen molar-refractivity contribution in [1.82, 2.24) is 10.6 Å². The number of methoxy groups -OCH3 is 4. The number of hydrogen-bond donors (Lipinski definition) is 4. The summed E-state index contributed by atoms with van der Waals surface area (Å²) in [5.41, 5.74) is -4.29. The van der Waals surface area contributed by atoms with Gasteiger partial charge < -0.3 is 39.8 Å². The molecule has 4 aromatic rings. The van der Waals surface area contributed by atoms with Crippen LogP contribution in [0, 0.1) is 16.2 Å². The van der Waals surface area contributed by atoms with Crippen LogP contribution in [0.4, 0.5) is 0 Å². The highest BCUT2D eigenvalue weighted by Crippen LogP contribution is 2.46. The molecule has 1 fully saturated rings. The average molecular weight is 781 g/mol. The Morgan fingerprint density at radius 1 is 0.491 bits per heavy atom. The van der Waals surface area contributed by atoms with Crippen LogP contribution in [0.2, 0.25) is 0 Å². The topological polar surface area (TPSA) is 136 Å². The molecule has 4 aromatic carbocycles. The standard InChI is InChI=1S/C47H60N2O8/c1-43(2,3)39(46(52,31-13-21-35(54-7)22-14-31)32-15-23-36(55-8)24-16-32)48-41(50)45(29-11-12-30-45)42(51)49-40(44(4,5)6)47(53,33-17-25-37(56-9)26-18-33)34-19-27-38(57-10)28-20-34/h13-28,39-40,52-53H,11-12,29-30H2,1-10H3,(H,48,50)(H,49,51)/t39-,40-/m1/s1. The summed E-state index contributed by atoms with van der Waals surface area (Å²) in [5, 5.41) is 32.8. The molecule has 0 heterocycles. The number of hydrogen-bond acceptors (Lipinski definition) is 8. The van der Waals surface area contributed by atoms with Crippen molar-refractivity contribution in [2.75, 3.05) is 28.4 Å². The minimum Gasteiger partial charge on any atom is -0.497 e. The lowest BCUT2D eigenvalue weighted by atomic mass is 9.68. The molecule has 4 N–H and O–H groups in total. The van der Waals surface area contributed by atoms with Gasteiger partial charge in [-0.05, 0) is 94.5 Å². The Bertz CT molecular complexity index is 1720. The molecule has 10 heteroatoms. The van der Waals surface area contributed by atoms with Crippen molar-refractivity contribution in [1.29, 1.82) is 0 Å². The lowest BCUT2D eigenvalue weighted by Gasteiger charge is -2.47. The second-order valence-electron chi connectivity index (χ2n) is 17.3. The van der Waals surface area contributed by atoms with Crippen LogP contribution < -0.4 is 29.6 Å². The molecule has 0 bridgehead atoms. The molecular weight excluding hydrogens is 721 g/mol. The van der Waals surface area contributed by atoms with Gasteiger partial charge in [-0.3, -0.25) is 9.59 Å². The summed E-state index contributed by atoms with van der Waals surface area (Å²) in [5.74, 6) is 1.50. The first-order chi connectivity index (χ1) is 26.9. The minimum atomic E-state index is -1.75. The Hall–Kier alpha value is -5.06. The molecule has 0 aromatic heterocycles. The van der Waals surface area contributed by atoms with Gasteiger partial charge in [0, 0.05) is 0 Å². The summed E-state index contributed by atoms with van der Waals surface area (Å²) < 4.78 is 21.7. The molecule has 0 saturated heterocycles. The van der Waals surface area contributed by atoms with Gasteiger partial charge in [0.1, 0.15) is 39.6 Å². The summed E-state index contributed by atoms with van der Waals surface area (Å²) in [4.78, 5) is 30.2. The van der Waals surface area contributed by atoms with Gasteiger partial charge in [0.05, 0.1) is 40.5 Å².